The summed E-state index contributed by atoms with van der Waals surface area (Å²) in [6, 6.07) is 12.0. The van der Waals surface area contributed by atoms with Gasteiger partial charge in [-0.15, -0.1) is 0 Å². The number of hydrazine groups is 1. The molecule has 12 heteroatoms. The van der Waals surface area contributed by atoms with E-state index in [1.54, 1.807) is 45.0 Å². The molecule has 0 fully saturated rings. The number of hydrogen-bond donors (Lipinski definition) is 2. The van der Waals surface area contributed by atoms with E-state index in [-0.39, 0.29) is 28.2 Å². The lowest BCUT2D eigenvalue weighted by molar-refractivity contribution is -0.143. The number of nitrogens with zero attached hydrogens (tertiary/aromatic N) is 4. The average molecular weight is 498 g/mol. The highest BCUT2D eigenvalue weighted by Crippen LogP contribution is 2.33. The fourth-order valence-corrected chi connectivity index (χ4v) is 3.63. The Balaban J connectivity index is 1.65. The van der Waals surface area contributed by atoms with Crippen molar-refractivity contribution < 1.29 is 22.8 Å². The number of nitrogens with one attached hydrogen (secondary N) is 2. The van der Waals surface area contributed by atoms with Gasteiger partial charge in [-0.05, 0) is 39.0 Å². The summed E-state index contributed by atoms with van der Waals surface area (Å²) in [6.45, 7) is 5.19. The molecule has 0 saturated heterocycles. The molecule has 0 aliphatic heterocycles. The maximum atomic E-state index is 13.9. The SMILES string of the molecule is Cc1ccc(-n2ncc(C(=O)NNC(=O)c3nn(C(C)C)c(=O)c4ccccc34)c2C(F)(F)F)cc1. The summed E-state index contributed by atoms with van der Waals surface area (Å²) in [5, 5.41) is 8.31. The van der Waals surface area contributed by atoms with Crippen molar-refractivity contribution in [3.05, 3.63) is 87.6 Å². The van der Waals surface area contributed by atoms with Crippen LogP contribution < -0.4 is 16.4 Å². The van der Waals surface area contributed by atoms with Crippen LogP contribution in [0.3, 0.4) is 0 Å². The number of carbonyl (C=O) groups excluding carboxylic acids is 2. The van der Waals surface area contributed by atoms with E-state index in [1.807, 2.05) is 5.43 Å². The summed E-state index contributed by atoms with van der Waals surface area (Å²) in [6.07, 6.45) is -4.14. The van der Waals surface area contributed by atoms with E-state index in [2.05, 4.69) is 15.6 Å². The van der Waals surface area contributed by atoms with Gasteiger partial charge < -0.3 is 0 Å². The summed E-state index contributed by atoms with van der Waals surface area (Å²) in [5.41, 5.74) is 2.37. The standard InChI is InChI=1S/C24H21F3N6O3/c1-13(2)32-23(36)17-7-5-4-6-16(17)19(31-32)22(35)30-29-21(34)18-12-28-33(20(18)24(25,26)27)15-10-8-14(3)9-11-15/h4-13H,1-3H3,(H,29,34)(H,30,35). The van der Waals surface area contributed by atoms with Crippen LogP contribution in [-0.4, -0.2) is 31.4 Å². The lowest BCUT2D eigenvalue weighted by Crippen LogP contribution is -2.43. The molecule has 0 unspecified atom stereocenters. The minimum absolute atomic E-state index is 0.114. The number of alkyl halides is 3. The van der Waals surface area contributed by atoms with Gasteiger partial charge in [0, 0.05) is 5.39 Å². The highest BCUT2D eigenvalue weighted by molar-refractivity contribution is 6.06. The van der Waals surface area contributed by atoms with Gasteiger partial charge in [0.2, 0.25) is 0 Å². The van der Waals surface area contributed by atoms with Crippen LogP contribution in [0.25, 0.3) is 16.5 Å². The summed E-state index contributed by atoms with van der Waals surface area (Å²) in [5.74, 6) is -2.14. The van der Waals surface area contributed by atoms with Crippen molar-refractivity contribution in [1.82, 2.24) is 30.4 Å². The number of fused-ring (bicyclic) bond motifs is 1. The minimum atomic E-state index is -4.91. The van der Waals surface area contributed by atoms with E-state index in [1.165, 1.54) is 24.3 Å². The highest BCUT2D eigenvalue weighted by atomic mass is 19.4. The number of benzene rings is 2. The first-order chi connectivity index (χ1) is 17.0. The fourth-order valence-electron chi connectivity index (χ4n) is 3.63. The second-order valence-electron chi connectivity index (χ2n) is 8.30. The van der Waals surface area contributed by atoms with Crippen LogP contribution >= 0.6 is 0 Å². The van der Waals surface area contributed by atoms with Gasteiger partial charge in [0.15, 0.2) is 11.4 Å². The van der Waals surface area contributed by atoms with E-state index in [0.29, 0.717) is 4.68 Å². The molecule has 186 valence electrons. The van der Waals surface area contributed by atoms with E-state index >= 15 is 0 Å². The van der Waals surface area contributed by atoms with Gasteiger partial charge in [0.1, 0.15) is 0 Å². The van der Waals surface area contributed by atoms with E-state index in [0.717, 1.165) is 16.4 Å². The molecule has 4 aromatic rings. The number of hydrogen-bond acceptors (Lipinski definition) is 5. The van der Waals surface area contributed by atoms with Crippen LogP contribution in [0, 0.1) is 6.92 Å². The van der Waals surface area contributed by atoms with Gasteiger partial charge >= 0.3 is 6.18 Å². The number of carbonyl (C=O) groups is 2. The van der Waals surface area contributed by atoms with E-state index in [4.69, 9.17) is 0 Å². The highest BCUT2D eigenvalue weighted by Gasteiger charge is 2.40. The first-order valence-electron chi connectivity index (χ1n) is 10.8. The van der Waals surface area contributed by atoms with Gasteiger partial charge in [-0.1, -0.05) is 35.9 Å². The van der Waals surface area contributed by atoms with Crippen molar-refractivity contribution in [3.63, 3.8) is 0 Å². The minimum Gasteiger partial charge on any atom is -0.267 e. The molecule has 2 heterocycles. The van der Waals surface area contributed by atoms with Crippen molar-refractivity contribution in [1.29, 1.82) is 0 Å². The molecule has 9 nitrogen and oxygen atoms in total. The smallest absolute Gasteiger partial charge is 0.267 e. The number of halogens is 3. The maximum absolute atomic E-state index is 13.9. The first-order valence-corrected chi connectivity index (χ1v) is 10.8. The Morgan fingerprint density at radius 2 is 1.56 bits per heavy atom. The molecule has 0 bridgehead atoms. The second kappa shape index (κ2) is 9.29. The zero-order valence-electron chi connectivity index (χ0n) is 19.4. The molecule has 2 aromatic heterocycles. The molecule has 0 aliphatic carbocycles. The molecule has 36 heavy (non-hydrogen) atoms. The first kappa shape index (κ1) is 24.6. The Labute approximate surface area is 202 Å². The Bertz CT molecular complexity index is 1520. The van der Waals surface area contributed by atoms with Crippen molar-refractivity contribution in [3.8, 4) is 5.69 Å². The van der Waals surface area contributed by atoms with Gasteiger partial charge in [-0.2, -0.15) is 23.4 Å². The predicted octanol–water partition coefficient (Wildman–Crippen LogP) is 3.57. The van der Waals surface area contributed by atoms with E-state index < -0.39 is 34.8 Å². The molecule has 0 aliphatic rings. The van der Waals surface area contributed by atoms with Crippen LogP contribution in [0.2, 0.25) is 0 Å². The largest absolute Gasteiger partial charge is 0.434 e. The third-order valence-corrected chi connectivity index (χ3v) is 5.38. The molecule has 0 spiro atoms. The normalized spacial score (nSPS) is 11.6. The third-order valence-electron chi connectivity index (χ3n) is 5.38. The van der Waals surface area contributed by atoms with Crippen LogP contribution in [-0.2, 0) is 6.18 Å². The lowest BCUT2D eigenvalue weighted by Gasteiger charge is -2.14. The Morgan fingerprint density at radius 3 is 2.17 bits per heavy atom. The Hall–Kier alpha value is -4.48. The summed E-state index contributed by atoms with van der Waals surface area (Å²) in [4.78, 5) is 38.2. The zero-order chi connectivity index (χ0) is 26.2. The molecule has 0 atom stereocenters. The van der Waals surface area contributed by atoms with Gasteiger partial charge in [0.05, 0.1) is 28.9 Å². The fraction of sp³-hybridized carbons (Fsp3) is 0.208. The Kier molecular flexibility index (Phi) is 6.35. The quantitative estimate of drug-likeness (QED) is 0.418. The van der Waals surface area contributed by atoms with Crippen LogP contribution in [0.4, 0.5) is 13.2 Å². The van der Waals surface area contributed by atoms with Gasteiger partial charge in [-0.25, -0.2) is 9.36 Å². The molecule has 2 aromatic carbocycles. The number of amides is 2. The van der Waals surface area contributed by atoms with Crippen molar-refractivity contribution in [2.75, 3.05) is 0 Å². The molecule has 2 N–H and O–H groups in total. The zero-order valence-corrected chi connectivity index (χ0v) is 19.4. The van der Waals surface area contributed by atoms with E-state index in [9.17, 15) is 27.6 Å². The second-order valence-corrected chi connectivity index (χ2v) is 8.30. The average Bonchev–Trinajstić information content (AvgIpc) is 3.29. The topological polar surface area (TPSA) is 111 Å². The van der Waals surface area contributed by atoms with Crippen LogP contribution in [0.15, 0.2) is 59.5 Å². The van der Waals surface area contributed by atoms with Crippen molar-refractivity contribution in [2.45, 2.75) is 33.0 Å². The van der Waals surface area contributed by atoms with Crippen LogP contribution in [0.1, 0.15) is 52.0 Å². The molecular weight excluding hydrogens is 477 g/mol. The predicted molar refractivity (Wildman–Crippen MR) is 125 cm³/mol. The molecule has 2 amide bonds. The number of aryl methyl sites for hydroxylation is 1. The van der Waals surface area contributed by atoms with Crippen LogP contribution in [0.5, 0.6) is 0 Å². The van der Waals surface area contributed by atoms with Crippen molar-refractivity contribution in [2.24, 2.45) is 0 Å². The summed E-state index contributed by atoms with van der Waals surface area (Å²) in [7, 11) is 0. The molecule has 0 radical (unpaired) electrons. The third kappa shape index (κ3) is 4.57. The molecule has 0 saturated carbocycles. The summed E-state index contributed by atoms with van der Waals surface area (Å²) < 4.78 is 43.4. The monoisotopic (exact) mass is 498 g/mol. The number of aromatic nitrogens is 4. The summed E-state index contributed by atoms with van der Waals surface area (Å²) >= 11 is 0. The van der Waals surface area contributed by atoms with Gasteiger partial charge in [0.25, 0.3) is 17.4 Å². The lowest BCUT2D eigenvalue weighted by atomic mass is 10.1. The number of rotatable bonds is 4. The van der Waals surface area contributed by atoms with Crippen molar-refractivity contribution >= 4 is 22.6 Å². The molecule has 4 rings (SSSR count). The molecular formula is C24H21F3N6O3. The maximum Gasteiger partial charge on any atom is 0.434 e. The Morgan fingerprint density at radius 1 is 0.944 bits per heavy atom. The van der Waals surface area contributed by atoms with Gasteiger partial charge in [-0.3, -0.25) is 25.2 Å².